The molecular weight excluding hydrogens is 338 g/mol. The van der Waals surface area contributed by atoms with Crippen molar-refractivity contribution < 1.29 is 9.32 Å². The fraction of sp³-hybridized carbons (Fsp3) is 0.591. The molecule has 1 aliphatic heterocycles. The number of piperidine rings is 1. The Morgan fingerprint density at radius 2 is 2.22 bits per heavy atom. The predicted octanol–water partition coefficient (Wildman–Crippen LogP) is 4.97. The molecule has 2 unspecified atom stereocenters. The van der Waals surface area contributed by atoms with Gasteiger partial charge in [0.2, 0.25) is 17.6 Å². The second-order valence-corrected chi connectivity index (χ2v) is 7.70. The summed E-state index contributed by atoms with van der Waals surface area (Å²) in [5.74, 6) is 1.87. The van der Waals surface area contributed by atoms with Crippen LogP contribution < -0.4 is 0 Å². The maximum absolute atomic E-state index is 12.9. The molecule has 5 heteroatoms. The van der Waals surface area contributed by atoms with Gasteiger partial charge in [0.05, 0.1) is 5.92 Å². The second-order valence-electron chi connectivity index (χ2n) is 7.70. The van der Waals surface area contributed by atoms with E-state index in [1.807, 2.05) is 17.0 Å². The van der Waals surface area contributed by atoms with E-state index in [9.17, 15) is 4.79 Å². The third kappa shape index (κ3) is 4.76. The van der Waals surface area contributed by atoms with Gasteiger partial charge in [-0.2, -0.15) is 4.98 Å². The molecule has 27 heavy (non-hydrogen) atoms. The van der Waals surface area contributed by atoms with Crippen LogP contribution in [0, 0.1) is 12.8 Å². The van der Waals surface area contributed by atoms with Crippen molar-refractivity contribution in [2.75, 3.05) is 13.1 Å². The summed E-state index contributed by atoms with van der Waals surface area (Å²) in [6, 6.07) is 8.11. The Morgan fingerprint density at radius 1 is 1.37 bits per heavy atom. The monoisotopic (exact) mass is 369 g/mol. The zero-order valence-electron chi connectivity index (χ0n) is 16.8. The maximum Gasteiger partial charge on any atom is 0.231 e. The highest BCUT2D eigenvalue weighted by atomic mass is 16.5. The van der Waals surface area contributed by atoms with Crippen molar-refractivity contribution in [1.82, 2.24) is 15.0 Å². The third-order valence-electron chi connectivity index (χ3n) is 5.55. The van der Waals surface area contributed by atoms with E-state index in [0.717, 1.165) is 50.6 Å². The van der Waals surface area contributed by atoms with E-state index >= 15 is 0 Å². The molecule has 0 saturated carbocycles. The normalized spacial score (nSPS) is 18.5. The van der Waals surface area contributed by atoms with Crippen molar-refractivity contribution in [3.05, 3.63) is 35.7 Å². The van der Waals surface area contributed by atoms with Gasteiger partial charge in [0.15, 0.2) is 0 Å². The number of carbonyl (C=O) groups is 1. The first kappa shape index (κ1) is 19.6. The second kappa shape index (κ2) is 9.16. The summed E-state index contributed by atoms with van der Waals surface area (Å²) in [6.45, 7) is 7.88. The molecule has 1 saturated heterocycles. The first-order chi connectivity index (χ1) is 13.1. The van der Waals surface area contributed by atoms with Crippen LogP contribution in [0.4, 0.5) is 0 Å². The lowest BCUT2D eigenvalue weighted by atomic mass is 9.93. The van der Waals surface area contributed by atoms with E-state index in [4.69, 9.17) is 4.52 Å². The molecule has 0 N–H and O–H groups in total. The Balaban J connectivity index is 1.68. The first-order valence-corrected chi connectivity index (χ1v) is 10.3. The van der Waals surface area contributed by atoms with Gasteiger partial charge < -0.3 is 9.42 Å². The number of aryl methyl sites for hydroxylation is 1. The molecule has 2 aromatic rings. The smallest absolute Gasteiger partial charge is 0.231 e. The van der Waals surface area contributed by atoms with Gasteiger partial charge in [0.25, 0.3) is 0 Å². The summed E-state index contributed by atoms with van der Waals surface area (Å²) >= 11 is 0. The van der Waals surface area contributed by atoms with E-state index in [1.54, 1.807) is 0 Å². The minimum absolute atomic E-state index is 0.137. The molecule has 1 aromatic heterocycles. The van der Waals surface area contributed by atoms with Crippen molar-refractivity contribution in [1.29, 1.82) is 0 Å². The lowest BCUT2D eigenvalue weighted by molar-refractivity contribution is -0.137. The number of likely N-dealkylation sites (tertiary alicyclic amines) is 1. The molecule has 2 atom stereocenters. The van der Waals surface area contributed by atoms with Gasteiger partial charge in [-0.25, -0.2) is 0 Å². The van der Waals surface area contributed by atoms with Crippen molar-refractivity contribution in [3.63, 3.8) is 0 Å². The summed E-state index contributed by atoms with van der Waals surface area (Å²) in [4.78, 5) is 19.6. The Hall–Kier alpha value is -2.17. The van der Waals surface area contributed by atoms with Crippen LogP contribution in [0.15, 0.2) is 28.8 Å². The maximum atomic E-state index is 12.9. The number of carbonyl (C=O) groups excluding carboxylic acids is 1. The highest BCUT2D eigenvalue weighted by Gasteiger charge is 2.31. The Kier molecular flexibility index (Phi) is 6.64. The number of hydrogen-bond donors (Lipinski definition) is 0. The van der Waals surface area contributed by atoms with Crippen LogP contribution in [0.1, 0.15) is 69.7 Å². The first-order valence-electron chi connectivity index (χ1n) is 10.3. The van der Waals surface area contributed by atoms with Gasteiger partial charge in [-0.05, 0) is 38.7 Å². The Morgan fingerprint density at radius 3 is 2.96 bits per heavy atom. The fourth-order valence-electron chi connectivity index (χ4n) is 3.89. The topological polar surface area (TPSA) is 59.2 Å². The van der Waals surface area contributed by atoms with Gasteiger partial charge in [-0.1, -0.05) is 55.6 Å². The largest absolute Gasteiger partial charge is 0.342 e. The lowest BCUT2D eigenvalue weighted by Gasteiger charge is -2.33. The van der Waals surface area contributed by atoms with Crippen molar-refractivity contribution in [2.24, 2.45) is 5.92 Å². The molecule has 0 bridgehead atoms. The van der Waals surface area contributed by atoms with Crippen LogP contribution in [0.5, 0.6) is 0 Å². The van der Waals surface area contributed by atoms with Crippen LogP contribution >= 0.6 is 0 Å². The number of benzene rings is 1. The SMILES string of the molecule is CCCCC(CC)C(=O)N1CCCC(c2nc(-c3cccc(C)c3)no2)C1. The van der Waals surface area contributed by atoms with Crippen LogP contribution in [-0.2, 0) is 4.79 Å². The zero-order chi connectivity index (χ0) is 19.2. The van der Waals surface area contributed by atoms with E-state index < -0.39 is 0 Å². The number of rotatable bonds is 7. The molecule has 1 aromatic carbocycles. The molecule has 2 heterocycles. The van der Waals surface area contributed by atoms with E-state index in [2.05, 4.69) is 43.0 Å². The van der Waals surface area contributed by atoms with Crippen LogP contribution in [0.25, 0.3) is 11.4 Å². The van der Waals surface area contributed by atoms with Gasteiger partial charge >= 0.3 is 0 Å². The minimum Gasteiger partial charge on any atom is -0.342 e. The lowest BCUT2D eigenvalue weighted by Crippen LogP contribution is -2.42. The molecule has 0 spiro atoms. The van der Waals surface area contributed by atoms with Crippen molar-refractivity contribution in [3.8, 4) is 11.4 Å². The van der Waals surface area contributed by atoms with E-state index in [1.165, 1.54) is 5.56 Å². The number of nitrogens with zero attached hydrogens (tertiary/aromatic N) is 3. The highest BCUT2D eigenvalue weighted by molar-refractivity contribution is 5.79. The summed E-state index contributed by atoms with van der Waals surface area (Å²) in [5, 5.41) is 4.17. The summed E-state index contributed by atoms with van der Waals surface area (Å²) in [7, 11) is 0. The standard InChI is InChI=1S/C22H31N3O2/c1-4-6-10-17(5-2)22(26)25-13-8-12-19(15-25)21-23-20(24-27-21)18-11-7-9-16(3)14-18/h7,9,11,14,17,19H,4-6,8,10,12-13,15H2,1-3H3. The summed E-state index contributed by atoms with van der Waals surface area (Å²) in [5.41, 5.74) is 2.14. The average Bonchev–Trinajstić information content (AvgIpc) is 3.19. The van der Waals surface area contributed by atoms with Crippen LogP contribution in [0.2, 0.25) is 0 Å². The van der Waals surface area contributed by atoms with Crippen molar-refractivity contribution >= 4 is 5.91 Å². The zero-order valence-corrected chi connectivity index (χ0v) is 16.8. The molecule has 0 radical (unpaired) electrons. The van der Waals surface area contributed by atoms with Crippen molar-refractivity contribution in [2.45, 2.75) is 65.2 Å². The Labute approximate surface area is 162 Å². The molecule has 1 fully saturated rings. The molecule has 0 aliphatic carbocycles. The average molecular weight is 370 g/mol. The van der Waals surface area contributed by atoms with Gasteiger partial charge in [-0.15, -0.1) is 0 Å². The molecule has 146 valence electrons. The highest BCUT2D eigenvalue weighted by Crippen LogP contribution is 2.29. The molecule has 5 nitrogen and oxygen atoms in total. The molecular formula is C22H31N3O2. The van der Waals surface area contributed by atoms with Gasteiger partial charge in [-0.3, -0.25) is 4.79 Å². The molecule has 1 aliphatic rings. The van der Waals surface area contributed by atoms with E-state index in [0.29, 0.717) is 24.2 Å². The number of amides is 1. The van der Waals surface area contributed by atoms with Crippen LogP contribution in [0.3, 0.4) is 0 Å². The number of unbranched alkanes of at least 4 members (excludes halogenated alkanes) is 1. The molecule has 1 amide bonds. The predicted molar refractivity (Wildman–Crippen MR) is 106 cm³/mol. The number of aromatic nitrogens is 2. The van der Waals surface area contributed by atoms with Crippen LogP contribution in [-0.4, -0.2) is 34.0 Å². The fourth-order valence-corrected chi connectivity index (χ4v) is 3.89. The third-order valence-corrected chi connectivity index (χ3v) is 5.55. The van der Waals surface area contributed by atoms with Gasteiger partial charge in [0.1, 0.15) is 0 Å². The quantitative estimate of drug-likeness (QED) is 0.691. The van der Waals surface area contributed by atoms with E-state index in [-0.39, 0.29) is 11.8 Å². The minimum atomic E-state index is 0.137. The van der Waals surface area contributed by atoms with Gasteiger partial charge in [0, 0.05) is 24.6 Å². The number of hydrogen-bond acceptors (Lipinski definition) is 4. The molecule has 3 rings (SSSR count). The summed E-state index contributed by atoms with van der Waals surface area (Å²) in [6.07, 6.45) is 6.14. The Bertz CT molecular complexity index is 756. The summed E-state index contributed by atoms with van der Waals surface area (Å²) < 4.78 is 5.58.